The Kier molecular flexibility index (Phi) is 4.22. The van der Waals surface area contributed by atoms with Gasteiger partial charge in [0.15, 0.2) is 0 Å². The van der Waals surface area contributed by atoms with Gasteiger partial charge < -0.3 is 0 Å². The Morgan fingerprint density at radius 1 is 1.41 bits per heavy atom. The van der Waals surface area contributed by atoms with Crippen molar-refractivity contribution in [2.45, 2.75) is 13.0 Å². The minimum atomic E-state index is -0.0700. The number of aryl methyl sites for hydroxylation is 1. The maximum Gasteiger partial charge on any atom is 0.0817 e. The number of nitrogens with one attached hydrogen (secondary N) is 1. The molecule has 1 aromatic heterocycles. The van der Waals surface area contributed by atoms with E-state index in [9.17, 15) is 0 Å². The summed E-state index contributed by atoms with van der Waals surface area (Å²) in [4.78, 5) is 1.03. The highest BCUT2D eigenvalue weighted by Gasteiger charge is 2.17. The first-order valence-electron chi connectivity index (χ1n) is 5.08. The number of rotatable bonds is 3. The summed E-state index contributed by atoms with van der Waals surface area (Å²) in [5.74, 6) is 5.64. The standard InChI is InChI=1S/C12H12BrClN2S/c1-7-2-3-8(6-9(7)13)11(16-15)12-10(14)4-5-17-12/h2-6,11,16H,15H2,1H3. The van der Waals surface area contributed by atoms with Gasteiger partial charge in [-0.05, 0) is 35.6 Å². The van der Waals surface area contributed by atoms with E-state index in [0.29, 0.717) is 0 Å². The largest absolute Gasteiger partial charge is 0.271 e. The third-order valence-electron chi connectivity index (χ3n) is 2.60. The van der Waals surface area contributed by atoms with Gasteiger partial charge in [-0.15, -0.1) is 11.3 Å². The summed E-state index contributed by atoms with van der Waals surface area (Å²) in [5.41, 5.74) is 5.10. The van der Waals surface area contributed by atoms with Crippen LogP contribution in [0.25, 0.3) is 0 Å². The first-order valence-corrected chi connectivity index (χ1v) is 7.13. The molecule has 1 heterocycles. The van der Waals surface area contributed by atoms with E-state index in [0.717, 1.165) is 19.9 Å². The van der Waals surface area contributed by atoms with Crippen LogP contribution in [0.4, 0.5) is 0 Å². The zero-order valence-corrected chi connectivity index (χ0v) is 12.4. The number of hydrogen-bond acceptors (Lipinski definition) is 3. The van der Waals surface area contributed by atoms with Gasteiger partial charge in [0.25, 0.3) is 0 Å². The summed E-state index contributed by atoms with van der Waals surface area (Å²) < 4.78 is 1.07. The highest BCUT2D eigenvalue weighted by molar-refractivity contribution is 9.10. The van der Waals surface area contributed by atoms with Gasteiger partial charge in [0.05, 0.1) is 11.1 Å². The Bertz CT molecular complexity index is 527. The Morgan fingerprint density at radius 2 is 2.18 bits per heavy atom. The molecule has 0 aliphatic carbocycles. The molecule has 0 saturated carbocycles. The van der Waals surface area contributed by atoms with Crippen LogP contribution in [0.5, 0.6) is 0 Å². The lowest BCUT2D eigenvalue weighted by molar-refractivity contribution is 0.646. The number of hydrogen-bond donors (Lipinski definition) is 2. The molecule has 5 heteroatoms. The number of hydrazine groups is 1. The molecule has 2 rings (SSSR count). The van der Waals surface area contributed by atoms with Crippen LogP contribution in [0.3, 0.4) is 0 Å². The van der Waals surface area contributed by atoms with Gasteiger partial charge in [-0.3, -0.25) is 5.84 Å². The van der Waals surface area contributed by atoms with Gasteiger partial charge in [-0.1, -0.05) is 39.7 Å². The maximum atomic E-state index is 6.14. The van der Waals surface area contributed by atoms with E-state index in [1.54, 1.807) is 11.3 Å². The van der Waals surface area contributed by atoms with Crippen molar-refractivity contribution in [1.82, 2.24) is 5.43 Å². The van der Waals surface area contributed by atoms with Crippen LogP contribution in [0.1, 0.15) is 22.0 Å². The van der Waals surface area contributed by atoms with Gasteiger partial charge in [-0.2, -0.15) is 0 Å². The molecule has 0 aliphatic rings. The quantitative estimate of drug-likeness (QED) is 0.658. The molecule has 17 heavy (non-hydrogen) atoms. The second-order valence-electron chi connectivity index (χ2n) is 3.74. The predicted octanol–water partition coefficient (Wildman–Crippen LogP) is 4.03. The molecule has 1 unspecified atom stereocenters. The molecule has 0 bridgehead atoms. The van der Waals surface area contributed by atoms with Crippen molar-refractivity contribution in [3.05, 3.63) is 55.1 Å². The van der Waals surface area contributed by atoms with Crippen LogP contribution in [0, 0.1) is 6.92 Å². The number of thiophene rings is 1. The van der Waals surface area contributed by atoms with E-state index in [4.69, 9.17) is 17.4 Å². The van der Waals surface area contributed by atoms with Gasteiger partial charge in [0.1, 0.15) is 0 Å². The lowest BCUT2D eigenvalue weighted by Gasteiger charge is -2.16. The summed E-state index contributed by atoms with van der Waals surface area (Å²) >= 11 is 11.3. The zero-order valence-electron chi connectivity index (χ0n) is 9.21. The van der Waals surface area contributed by atoms with Crippen molar-refractivity contribution in [2.24, 2.45) is 5.84 Å². The van der Waals surface area contributed by atoms with E-state index in [1.165, 1.54) is 5.56 Å². The highest BCUT2D eigenvalue weighted by atomic mass is 79.9. The second kappa shape index (κ2) is 5.50. The first-order chi connectivity index (χ1) is 8.13. The molecule has 0 fully saturated rings. The van der Waals surface area contributed by atoms with Gasteiger partial charge in [0, 0.05) is 9.35 Å². The normalized spacial score (nSPS) is 12.7. The Labute approximate surface area is 118 Å². The third kappa shape index (κ3) is 2.72. The topological polar surface area (TPSA) is 38.0 Å². The van der Waals surface area contributed by atoms with Crippen molar-refractivity contribution < 1.29 is 0 Å². The summed E-state index contributed by atoms with van der Waals surface area (Å²) in [6, 6.07) is 8.00. The summed E-state index contributed by atoms with van der Waals surface area (Å²) in [6.45, 7) is 2.05. The van der Waals surface area contributed by atoms with E-state index in [1.807, 2.05) is 11.4 Å². The lowest BCUT2D eigenvalue weighted by Crippen LogP contribution is -2.28. The van der Waals surface area contributed by atoms with Crippen molar-refractivity contribution in [3.8, 4) is 0 Å². The van der Waals surface area contributed by atoms with Crippen LogP contribution in [0.2, 0.25) is 5.02 Å². The van der Waals surface area contributed by atoms with E-state index in [2.05, 4.69) is 46.5 Å². The molecular weight excluding hydrogens is 320 g/mol. The smallest absolute Gasteiger partial charge is 0.0817 e. The summed E-state index contributed by atoms with van der Waals surface area (Å²) in [6.07, 6.45) is 0. The predicted molar refractivity (Wildman–Crippen MR) is 77.4 cm³/mol. The average Bonchev–Trinajstić information content (AvgIpc) is 2.71. The van der Waals surface area contributed by atoms with Crippen molar-refractivity contribution in [2.75, 3.05) is 0 Å². The third-order valence-corrected chi connectivity index (χ3v) is 4.88. The molecule has 1 atom stereocenters. The van der Waals surface area contributed by atoms with Crippen molar-refractivity contribution in [3.63, 3.8) is 0 Å². The molecule has 2 aromatic rings. The highest BCUT2D eigenvalue weighted by Crippen LogP contribution is 2.33. The van der Waals surface area contributed by atoms with Crippen LogP contribution in [-0.4, -0.2) is 0 Å². The fraction of sp³-hybridized carbons (Fsp3) is 0.167. The molecule has 0 spiro atoms. The Hall–Kier alpha value is -0.390. The average molecular weight is 332 g/mol. The van der Waals surface area contributed by atoms with Crippen LogP contribution < -0.4 is 11.3 Å². The minimum absolute atomic E-state index is 0.0700. The van der Waals surface area contributed by atoms with Gasteiger partial charge >= 0.3 is 0 Å². The molecule has 1 aromatic carbocycles. The second-order valence-corrected chi connectivity index (χ2v) is 5.95. The molecular formula is C12H12BrClN2S. The number of nitrogens with two attached hydrogens (primary N) is 1. The van der Waals surface area contributed by atoms with Crippen LogP contribution in [-0.2, 0) is 0 Å². The fourth-order valence-electron chi connectivity index (χ4n) is 1.62. The molecule has 0 saturated heterocycles. The Morgan fingerprint density at radius 3 is 2.71 bits per heavy atom. The number of benzene rings is 1. The molecule has 2 nitrogen and oxygen atoms in total. The van der Waals surface area contributed by atoms with Gasteiger partial charge in [-0.25, -0.2) is 5.43 Å². The van der Waals surface area contributed by atoms with E-state index in [-0.39, 0.29) is 6.04 Å². The molecule has 90 valence electrons. The molecule has 3 N–H and O–H groups in total. The Balaban J connectivity index is 2.42. The van der Waals surface area contributed by atoms with Crippen LogP contribution >= 0.6 is 38.9 Å². The molecule has 0 radical (unpaired) electrons. The monoisotopic (exact) mass is 330 g/mol. The van der Waals surface area contributed by atoms with Crippen LogP contribution in [0.15, 0.2) is 34.1 Å². The SMILES string of the molecule is Cc1ccc(C(NN)c2sccc2Cl)cc1Br. The fourth-order valence-corrected chi connectivity index (χ4v) is 3.27. The van der Waals surface area contributed by atoms with E-state index < -0.39 is 0 Å². The van der Waals surface area contributed by atoms with E-state index >= 15 is 0 Å². The zero-order chi connectivity index (χ0) is 12.4. The molecule has 0 amide bonds. The number of halogens is 2. The lowest BCUT2D eigenvalue weighted by atomic mass is 10.0. The van der Waals surface area contributed by atoms with Crippen molar-refractivity contribution in [1.29, 1.82) is 0 Å². The minimum Gasteiger partial charge on any atom is -0.271 e. The van der Waals surface area contributed by atoms with Gasteiger partial charge in [0.2, 0.25) is 0 Å². The summed E-state index contributed by atoms with van der Waals surface area (Å²) in [5, 5.41) is 2.71. The maximum absolute atomic E-state index is 6.14. The molecule has 0 aliphatic heterocycles. The van der Waals surface area contributed by atoms with Crippen molar-refractivity contribution >= 4 is 38.9 Å². The summed E-state index contributed by atoms with van der Waals surface area (Å²) in [7, 11) is 0. The first kappa shape index (κ1) is 13.1.